The Bertz CT molecular complexity index is 1850. The second-order valence-corrected chi connectivity index (χ2v) is 18.6. The molecule has 13 nitrogen and oxygen atoms in total. The highest BCUT2D eigenvalue weighted by atomic mass is 32.1. The molecule has 1 fully saturated rings. The Morgan fingerprint density at radius 2 is 1.58 bits per heavy atom. The first-order valence-corrected chi connectivity index (χ1v) is 23.0. The van der Waals surface area contributed by atoms with Crippen molar-refractivity contribution < 1.29 is 33.8 Å². The topological polar surface area (TPSA) is 154 Å². The van der Waals surface area contributed by atoms with E-state index in [-0.39, 0.29) is 65.6 Å². The van der Waals surface area contributed by atoms with E-state index < -0.39 is 36.3 Å². The Morgan fingerprint density at radius 1 is 0.903 bits per heavy atom. The van der Waals surface area contributed by atoms with Crippen LogP contribution < -0.4 is 10.6 Å². The molecule has 0 spiro atoms. The lowest BCUT2D eigenvalue weighted by Gasteiger charge is -2.41. The number of aromatic hydroxyl groups is 1. The Labute approximate surface area is 373 Å². The van der Waals surface area contributed by atoms with Crippen LogP contribution in [0.5, 0.6) is 5.75 Å². The number of aromatic nitrogens is 1. The number of thiazole rings is 1. The molecule has 0 unspecified atom stereocenters. The van der Waals surface area contributed by atoms with Crippen LogP contribution in [0.25, 0.3) is 0 Å². The van der Waals surface area contributed by atoms with E-state index in [1.54, 1.807) is 44.5 Å². The predicted octanol–water partition coefficient (Wildman–Crippen LogP) is 6.47. The van der Waals surface area contributed by atoms with Crippen molar-refractivity contribution in [3.63, 3.8) is 0 Å². The van der Waals surface area contributed by atoms with Crippen LogP contribution in [-0.2, 0) is 41.6 Å². The second kappa shape index (κ2) is 23.9. The minimum absolute atomic E-state index is 0.0238. The summed E-state index contributed by atoms with van der Waals surface area (Å²) in [6, 6.07) is 14.4. The number of ether oxygens (including phenoxy) is 2. The van der Waals surface area contributed by atoms with Crippen molar-refractivity contribution >= 4 is 35.0 Å². The summed E-state index contributed by atoms with van der Waals surface area (Å²) < 4.78 is 12.2. The Hall–Kier alpha value is -4.37. The van der Waals surface area contributed by atoms with Crippen LogP contribution >= 0.6 is 11.3 Å². The maximum absolute atomic E-state index is 14.6. The fourth-order valence-corrected chi connectivity index (χ4v) is 9.73. The molecule has 1 saturated heterocycles. The molecule has 2 heterocycles. The minimum atomic E-state index is -0.823. The van der Waals surface area contributed by atoms with Crippen molar-refractivity contribution in [2.24, 2.45) is 23.7 Å². The maximum atomic E-state index is 14.6. The van der Waals surface area contributed by atoms with Crippen LogP contribution in [-0.4, -0.2) is 120 Å². The van der Waals surface area contributed by atoms with E-state index in [0.717, 1.165) is 29.0 Å². The van der Waals surface area contributed by atoms with Gasteiger partial charge in [0, 0.05) is 45.9 Å². The van der Waals surface area contributed by atoms with Crippen LogP contribution in [0.15, 0.2) is 66.2 Å². The van der Waals surface area contributed by atoms with Crippen molar-refractivity contribution in [3.05, 3.63) is 82.3 Å². The number of hydrogen-bond acceptors (Lipinski definition) is 10. The standard InChI is InChI=1S/C48H72N6O7S/c1-12-32(6)43(53(9)48(59)41(30(2)3)51-46(58)42(31(4)5)52(8)29-35-20-22-36(55)23-21-35)39(60-10)28-40(56)54-25-16-19-38(54)44(61-11)33(7)45(57)50-37(47-49-24-26-62-47)27-34-17-14-13-15-18-34/h13-15,17-18,20-24,26,30-33,37-39,41-44,55H,12,16,19,25,27-29H2,1-11H3,(H,50,57)(H,51,58)/t32-,33+,37-,38-,39+,41-,42-,43-,44+/m0/s1. The van der Waals surface area contributed by atoms with Crippen molar-refractivity contribution in [3.8, 4) is 5.75 Å². The van der Waals surface area contributed by atoms with Gasteiger partial charge in [0.05, 0.1) is 48.7 Å². The molecule has 1 aromatic heterocycles. The van der Waals surface area contributed by atoms with Gasteiger partial charge in [0.2, 0.25) is 23.6 Å². The summed E-state index contributed by atoms with van der Waals surface area (Å²) in [5.41, 5.74) is 2.03. The number of carbonyl (C=O) groups excluding carboxylic acids is 4. The summed E-state index contributed by atoms with van der Waals surface area (Å²) in [6.07, 6.45) is 3.33. The lowest BCUT2D eigenvalue weighted by atomic mass is 9.89. The third-order valence-electron chi connectivity index (χ3n) is 12.6. The fraction of sp³-hybridized carbons (Fsp3) is 0.604. The predicted molar refractivity (Wildman–Crippen MR) is 244 cm³/mol. The molecule has 1 aliphatic rings. The Morgan fingerprint density at radius 3 is 2.15 bits per heavy atom. The molecule has 4 amide bonds. The number of nitrogens with zero attached hydrogens (tertiary/aromatic N) is 4. The number of phenolic OH excluding ortho intramolecular Hbond substituents is 1. The van der Waals surface area contributed by atoms with E-state index >= 15 is 0 Å². The molecule has 3 N–H and O–H groups in total. The van der Waals surface area contributed by atoms with Crippen molar-refractivity contribution in [2.45, 2.75) is 130 Å². The van der Waals surface area contributed by atoms with E-state index in [0.29, 0.717) is 25.9 Å². The number of likely N-dealkylation sites (N-methyl/N-ethyl adjacent to an activating group) is 2. The summed E-state index contributed by atoms with van der Waals surface area (Å²) in [5, 5.41) is 18.8. The molecule has 9 atom stereocenters. The highest BCUT2D eigenvalue weighted by molar-refractivity contribution is 7.09. The molecule has 0 radical (unpaired) electrons. The number of hydrogen-bond donors (Lipinski definition) is 3. The van der Waals surface area contributed by atoms with E-state index in [4.69, 9.17) is 9.47 Å². The normalized spacial score (nSPS) is 18.2. The summed E-state index contributed by atoms with van der Waals surface area (Å²) in [4.78, 5) is 67.0. The van der Waals surface area contributed by atoms with Crippen LogP contribution in [0.3, 0.4) is 0 Å². The number of likely N-dealkylation sites (tertiary alicyclic amines) is 1. The summed E-state index contributed by atoms with van der Waals surface area (Å²) in [7, 11) is 6.79. The van der Waals surface area contributed by atoms with Crippen LogP contribution in [0, 0.1) is 23.7 Å². The van der Waals surface area contributed by atoms with Gasteiger partial charge in [-0.05, 0) is 67.3 Å². The zero-order valence-electron chi connectivity index (χ0n) is 38.7. The number of nitrogens with one attached hydrogen (secondary N) is 2. The van der Waals surface area contributed by atoms with Gasteiger partial charge in [0.25, 0.3) is 0 Å². The zero-order chi connectivity index (χ0) is 45.7. The summed E-state index contributed by atoms with van der Waals surface area (Å²) in [5.74, 6) is -1.52. The first-order valence-electron chi connectivity index (χ1n) is 22.2. The monoisotopic (exact) mass is 877 g/mol. The van der Waals surface area contributed by atoms with Gasteiger partial charge in [-0.2, -0.15) is 0 Å². The lowest BCUT2D eigenvalue weighted by molar-refractivity contribution is -0.148. The second-order valence-electron chi connectivity index (χ2n) is 17.7. The molecule has 0 bridgehead atoms. The third kappa shape index (κ3) is 13.1. The molecule has 1 aliphatic heterocycles. The van der Waals surface area contributed by atoms with Crippen molar-refractivity contribution in [1.82, 2.24) is 30.3 Å². The number of benzene rings is 2. The average Bonchev–Trinajstić information content (AvgIpc) is 3.97. The van der Waals surface area contributed by atoms with E-state index in [1.807, 2.05) is 99.3 Å². The average molecular weight is 877 g/mol. The van der Waals surface area contributed by atoms with Crippen LogP contribution in [0.1, 0.15) is 96.3 Å². The molecule has 2 aromatic carbocycles. The number of amides is 4. The molecule has 62 heavy (non-hydrogen) atoms. The van der Waals surface area contributed by atoms with Gasteiger partial charge in [0.15, 0.2) is 0 Å². The molecule has 14 heteroatoms. The first kappa shape index (κ1) is 50.3. The van der Waals surface area contributed by atoms with Crippen LogP contribution in [0.2, 0.25) is 0 Å². The molecular weight excluding hydrogens is 805 g/mol. The zero-order valence-corrected chi connectivity index (χ0v) is 39.6. The Balaban J connectivity index is 1.48. The third-order valence-corrected chi connectivity index (χ3v) is 13.5. The number of phenols is 1. The van der Waals surface area contributed by atoms with Gasteiger partial charge in [-0.25, -0.2) is 4.98 Å². The van der Waals surface area contributed by atoms with Crippen LogP contribution in [0.4, 0.5) is 0 Å². The molecule has 342 valence electrons. The van der Waals surface area contributed by atoms with Gasteiger partial charge in [-0.15, -0.1) is 11.3 Å². The molecule has 0 saturated carbocycles. The van der Waals surface area contributed by atoms with Crippen molar-refractivity contribution in [1.29, 1.82) is 0 Å². The van der Waals surface area contributed by atoms with E-state index in [9.17, 15) is 24.3 Å². The van der Waals surface area contributed by atoms with Gasteiger partial charge < -0.3 is 35.0 Å². The fourth-order valence-electron chi connectivity index (χ4n) is 9.04. The summed E-state index contributed by atoms with van der Waals surface area (Å²) in [6.45, 7) is 14.8. The minimum Gasteiger partial charge on any atom is -0.508 e. The van der Waals surface area contributed by atoms with Gasteiger partial charge in [-0.3, -0.25) is 24.1 Å². The van der Waals surface area contributed by atoms with Gasteiger partial charge in [-0.1, -0.05) is 97.4 Å². The number of rotatable bonds is 23. The molecule has 3 aromatic rings. The summed E-state index contributed by atoms with van der Waals surface area (Å²) >= 11 is 1.50. The highest BCUT2D eigenvalue weighted by Gasteiger charge is 2.43. The molecule has 0 aliphatic carbocycles. The highest BCUT2D eigenvalue weighted by Crippen LogP contribution is 2.31. The van der Waals surface area contributed by atoms with Crippen molar-refractivity contribution in [2.75, 3.05) is 34.9 Å². The molecular formula is C48H72N6O7S. The number of carbonyl (C=O) groups is 4. The van der Waals surface area contributed by atoms with E-state index in [2.05, 4.69) is 29.5 Å². The van der Waals surface area contributed by atoms with Gasteiger partial charge in [0.1, 0.15) is 16.8 Å². The Kier molecular flexibility index (Phi) is 19.4. The molecule has 4 rings (SSSR count). The first-order chi connectivity index (χ1) is 29.5. The van der Waals surface area contributed by atoms with E-state index in [1.165, 1.54) is 11.3 Å². The van der Waals surface area contributed by atoms with Gasteiger partial charge >= 0.3 is 0 Å². The SMILES string of the molecule is CC[C@H](C)[C@@H]([C@@H](CC(=O)N1CCC[C@H]1[C@H](OC)[C@@H](C)C(=O)N[C@@H](Cc1ccccc1)c1nccs1)OC)N(C)C(=O)[C@@H](NC(=O)[C@H](C(C)C)N(C)Cc1ccc(O)cc1)C(C)C. The lowest BCUT2D eigenvalue weighted by Crippen LogP contribution is -2.60. The maximum Gasteiger partial charge on any atom is 0.245 e. The number of methoxy groups -OCH3 is 2. The largest absolute Gasteiger partial charge is 0.508 e. The quantitative estimate of drug-likeness (QED) is 0.0974. The smallest absolute Gasteiger partial charge is 0.245 e.